The monoisotopic (exact) mass is 386 g/mol. The number of phosphoric acid groups is 1. The van der Waals surface area contributed by atoms with Gasteiger partial charge in [-0.2, -0.15) is 0 Å². The van der Waals surface area contributed by atoms with Crippen LogP contribution in [0.1, 0.15) is 5.56 Å². The second kappa shape index (κ2) is 5.56. The zero-order valence-corrected chi connectivity index (χ0v) is 13.6. The molecule has 0 spiro atoms. The molecule has 0 aliphatic carbocycles. The van der Waals surface area contributed by atoms with E-state index in [0.717, 1.165) is 5.56 Å². The van der Waals surface area contributed by atoms with Crippen LogP contribution in [-0.2, 0) is 12.7 Å². The Morgan fingerprint density at radius 1 is 1.28 bits per heavy atom. The maximum Gasteiger partial charge on any atom is 0.471 e. The fourth-order valence-electron chi connectivity index (χ4n) is 1.66. The summed E-state index contributed by atoms with van der Waals surface area (Å²) in [7, 11) is 1.28. The number of hydrogen-bond acceptors (Lipinski definition) is 2. The van der Waals surface area contributed by atoms with Crippen LogP contribution in [-0.4, -0.2) is 42.0 Å². The lowest BCUT2D eigenvalue weighted by atomic mass is 10.1. The minimum absolute atomic E-state index is 0.433. The summed E-state index contributed by atoms with van der Waals surface area (Å²) in [4.78, 5) is 18.2. The Kier molecular flexibility index (Phi) is 4.97. The summed E-state index contributed by atoms with van der Waals surface area (Å²) in [6.07, 6.45) is 0. The van der Waals surface area contributed by atoms with Crippen molar-refractivity contribution in [2.24, 2.45) is 0 Å². The fourth-order valence-corrected chi connectivity index (χ4v) is 4.35. The van der Waals surface area contributed by atoms with E-state index in [0.29, 0.717) is 11.0 Å². The van der Waals surface area contributed by atoms with Crippen LogP contribution in [0.15, 0.2) is 30.3 Å². The predicted molar refractivity (Wildman–Crippen MR) is 78.2 cm³/mol. The lowest BCUT2D eigenvalue weighted by Gasteiger charge is -2.35. The highest BCUT2D eigenvalue weighted by atomic mass is 127. The average molecular weight is 386 g/mol. The smallest absolute Gasteiger partial charge is 0.328 e. The second-order valence-corrected chi connectivity index (χ2v) is 8.03. The van der Waals surface area contributed by atoms with Crippen molar-refractivity contribution in [1.29, 1.82) is 0 Å². The van der Waals surface area contributed by atoms with E-state index < -0.39 is 11.4 Å². The van der Waals surface area contributed by atoms with E-state index in [4.69, 9.17) is 14.3 Å². The van der Waals surface area contributed by atoms with Crippen LogP contribution in [0.3, 0.4) is 0 Å². The molecule has 1 aromatic rings. The Balaban J connectivity index is 3.13. The van der Waals surface area contributed by atoms with Crippen molar-refractivity contribution in [1.82, 2.24) is 0 Å². The van der Waals surface area contributed by atoms with Crippen molar-refractivity contribution < 1.29 is 23.4 Å². The summed E-state index contributed by atoms with van der Waals surface area (Å²) in [6.45, 7) is 0.433. The molecule has 0 saturated heterocycles. The van der Waals surface area contributed by atoms with Gasteiger partial charge in [-0.25, -0.2) is 4.57 Å². The maximum atomic E-state index is 11.2. The molecule has 0 amide bonds. The number of alkyl halides is 1. The molecule has 0 aromatic heterocycles. The Bertz CT molecular complexity index is 442. The molecule has 0 saturated carbocycles. The standard InChI is InChI=1S/C11H17INO4P/c1-13(2,3)9-11(12,17-18(14,15)16)10-7-5-4-6-8-10/h4-8H,9H2,1-3H3,(H-,14,15,16)/p+1. The molecule has 0 bridgehead atoms. The molecule has 102 valence electrons. The van der Waals surface area contributed by atoms with Crippen LogP contribution in [0, 0.1) is 0 Å². The third-order valence-electron chi connectivity index (χ3n) is 2.15. The van der Waals surface area contributed by atoms with E-state index in [1.807, 2.05) is 61.9 Å². The molecule has 1 rings (SSSR count). The van der Waals surface area contributed by atoms with Gasteiger partial charge in [0.15, 0.2) is 0 Å². The molecule has 7 heteroatoms. The lowest BCUT2D eigenvalue weighted by Crippen LogP contribution is -2.45. The summed E-state index contributed by atoms with van der Waals surface area (Å²) in [6, 6.07) is 9.10. The van der Waals surface area contributed by atoms with Crippen LogP contribution >= 0.6 is 30.4 Å². The number of quaternary nitrogens is 1. The van der Waals surface area contributed by atoms with Crippen LogP contribution in [0.25, 0.3) is 0 Å². The molecule has 1 unspecified atom stereocenters. The molecule has 1 aromatic carbocycles. The average Bonchev–Trinajstić information content (AvgIpc) is 2.13. The first-order valence-corrected chi connectivity index (χ1v) is 7.94. The Hall–Kier alpha value is 0.0200. The van der Waals surface area contributed by atoms with Crippen LogP contribution < -0.4 is 0 Å². The first kappa shape index (κ1) is 16.1. The second-order valence-electron chi connectivity index (χ2n) is 5.12. The van der Waals surface area contributed by atoms with E-state index in [-0.39, 0.29) is 0 Å². The summed E-state index contributed by atoms with van der Waals surface area (Å²) in [5.74, 6) is 0. The number of phosphoric ester groups is 1. The van der Waals surface area contributed by atoms with Crippen molar-refractivity contribution in [3.05, 3.63) is 35.9 Å². The number of likely N-dealkylation sites (N-methyl/N-ethyl adjacent to an activating group) is 1. The fraction of sp³-hybridized carbons (Fsp3) is 0.455. The number of rotatable bonds is 5. The van der Waals surface area contributed by atoms with Crippen LogP contribution in [0.4, 0.5) is 0 Å². The third kappa shape index (κ3) is 5.34. The molecule has 2 N–H and O–H groups in total. The molecule has 0 radical (unpaired) electrons. The molecule has 5 nitrogen and oxygen atoms in total. The quantitative estimate of drug-likeness (QED) is 0.352. The van der Waals surface area contributed by atoms with Gasteiger partial charge in [0.2, 0.25) is 3.61 Å². The highest BCUT2D eigenvalue weighted by molar-refractivity contribution is 14.1. The number of hydrogen-bond donors (Lipinski definition) is 2. The summed E-state index contributed by atoms with van der Waals surface area (Å²) in [5.41, 5.74) is 0.738. The lowest BCUT2D eigenvalue weighted by molar-refractivity contribution is -0.874. The van der Waals surface area contributed by atoms with Gasteiger partial charge in [0.1, 0.15) is 6.54 Å². The van der Waals surface area contributed by atoms with Crippen molar-refractivity contribution in [2.75, 3.05) is 27.7 Å². The van der Waals surface area contributed by atoms with E-state index in [1.54, 1.807) is 12.1 Å². The number of nitrogens with zero attached hydrogens (tertiary/aromatic N) is 1. The van der Waals surface area contributed by atoms with Crippen molar-refractivity contribution in [3.63, 3.8) is 0 Å². The Morgan fingerprint density at radius 3 is 2.17 bits per heavy atom. The summed E-state index contributed by atoms with van der Waals surface area (Å²) in [5, 5.41) is 0. The molecule has 0 aliphatic heterocycles. The predicted octanol–water partition coefficient (Wildman–Crippen LogP) is 2.09. The van der Waals surface area contributed by atoms with Gasteiger partial charge in [-0.1, -0.05) is 30.3 Å². The first-order chi connectivity index (χ1) is 8.02. The van der Waals surface area contributed by atoms with Gasteiger partial charge in [-0.15, -0.1) is 0 Å². The van der Waals surface area contributed by atoms with Gasteiger partial charge in [-0.05, 0) is 22.6 Å². The normalized spacial score (nSPS) is 16.3. The van der Waals surface area contributed by atoms with Crippen LogP contribution in [0.5, 0.6) is 0 Å². The van der Waals surface area contributed by atoms with Gasteiger partial charge in [0.05, 0.1) is 21.1 Å². The van der Waals surface area contributed by atoms with Gasteiger partial charge in [0.25, 0.3) is 0 Å². The summed E-state index contributed by atoms with van der Waals surface area (Å²) < 4.78 is 15.7. The molecule has 1 atom stereocenters. The van der Waals surface area contributed by atoms with Gasteiger partial charge >= 0.3 is 7.82 Å². The zero-order chi connectivity index (χ0) is 14.0. The largest absolute Gasteiger partial charge is 0.471 e. The van der Waals surface area contributed by atoms with Crippen molar-refractivity contribution in [3.8, 4) is 0 Å². The Morgan fingerprint density at radius 2 is 1.78 bits per heavy atom. The molecular formula is C11H18INO4P+. The zero-order valence-electron chi connectivity index (χ0n) is 10.6. The SMILES string of the molecule is C[N+](C)(C)CC(I)(OP(=O)(O)O)c1ccccc1. The minimum atomic E-state index is -4.56. The molecular weight excluding hydrogens is 368 g/mol. The topological polar surface area (TPSA) is 66.8 Å². The maximum absolute atomic E-state index is 11.2. The molecule has 0 heterocycles. The van der Waals surface area contributed by atoms with E-state index in [9.17, 15) is 4.57 Å². The molecule has 18 heavy (non-hydrogen) atoms. The minimum Gasteiger partial charge on any atom is -0.328 e. The number of benzene rings is 1. The van der Waals surface area contributed by atoms with Gasteiger partial charge in [0, 0.05) is 5.56 Å². The highest BCUT2D eigenvalue weighted by Crippen LogP contribution is 2.49. The van der Waals surface area contributed by atoms with E-state index >= 15 is 0 Å². The van der Waals surface area contributed by atoms with E-state index in [1.165, 1.54) is 0 Å². The third-order valence-corrected chi connectivity index (χ3v) is 4.23. The molecule has 0 fully saturated rings. The van der Waals surface area contributed by atoms with Crippen LogP contribution in [0.2, 0.25) is 0 Å². The molecule has 0 aliphatic rings. The first-order valence-electron chi connectivity index (χ1n) is 5.33. The van der Waals surface area contributed by atoms with Gasteiger partial charge in [-0.3, -0.25) is 4.52 Å². The summed E-state index contributed by atoms with van der Waals surface area (Å²) >= 11 is 1.96. The van der Waals surface area contributed by atoms with Gasteiger partial charge < -0.3 is 14.3 Å². The van der Waals surface area contributed by atoms with Crippen molar-refractivity contribution >= 4 is 30.4 Å². The Labute approximate surface area is 121 Å². The number of halogens is 1. The van der Waals surface area contributed by atoms with Crippen molar-refractivity contribution in [2.45, 2.75) is 3.61 Å². The van der Waals surface area contributed by atoms with E-state index in [2.05, 4.69) is 0 Å². The highest BCUT2D eigenvalue weighted by Gasteiger charge is 2.41.